The van der Waals surface area contributed by atoms with Crippen LogP contribution in [0.3, 0.4) is 0 Å². The van der Waals surface area contributed by atoms with Crippen molar-refractivity contribution in [3.8, 4) is 11.5 Å². The first kappa shape index (κ1) is 15.4. The number of aliphatic imine (C=N–C) groups is 1. The van der Waals surface area contributed by atoms with Crippen LogP contribution in [-0.2, 0) is 0 Å². The summed E-state index contributed by atoms with van der Waals surface area (Å²) in [7, 11) is 0. The van der Waals surface area contributed by atoms with Gasteiger partial charge in [0.15, 0.2) is 16.6 Å². The van der Waals surface area contributed by atoms with E-state index in [1.54, 1.807) is 0 Å². The maximum absolute atomic E-state index is 5.57. The molecule has 1 aromatic carbocycles. The van der Waals surface area contributed by atoms with Crippen LogP contribution in [0.15, 0.2) is 23.2 Å². The van der Waals surface area contributed by atoms with Crippen LogP contribution < -0.4 is 14.8 Å². The molecule has 1 unspecified atom stereocenters. The van der Waals surface area contributed by atoms with E-state index in [-0.39, 0.29) is 6.04 Å². The lowest BCUT2D eigenvalue weighted by molar-refractivity contribution is -0.0136. The molecule has 0 spiro atoms. The molecular formula is C21H24N2O2S. The van der Waals surface area contributed by atoms with Crippen LogP contribution in [0.4, 0.5) is 0 Å². The van der Waals surface area contributed by atoms with Gasteiger partial charge in [0.2, 0.25) is 6.79 Å². The number of thiocarbonyl (C=S) groups is 1. The van der Waals surface area contributed by atoms with Crippen LogP contribution in [0.5, 0.6) is 11.5 Å². The Kier molecular flexibility index (Phi) is 3.23. The monoisotopic (exact) mass is 368 g/mol. The molecule has 26 heavy (non-hydrogen) atoms. The number of hydrogen-bond donors (Lipinski definition) is 1. The van der Waals surface area contributed by atoms with Crippen molar-refractivity contribution in [3.05, 3.63) is 23.8 Å². The average molecular weight is 369 g/mol. The largest absolute Gasteiger partial charge is 0.454 e. The summed E-state index contributed by atoms with van der Waals surface area (Å²) in [5.41, 5.74) is 2.92. The molecule has 0 amide bonds. The van der Waals surface area contributed by atoms with Crippen LogP contribution in [-0.4, -0.2) is 17.6 Å². The Bertz CT molecular complexity index is 783. The Morgan fingerprint density at radius 2 is 1.69 bits per heavy atom. The normalized spacial score (nSPS) is 39.7. The van der Waals surface area contributed by atoms with E-state index in [9.17, 15) is 0 Å². The quantitative estimate of drug-likeness (QED) is 0.786. The number of nitrogens with one attached hydrogen (secondary N) is 1. The van der Waals surface area contributed by atoms with Gasteiger partial charge in [0.05, 0.1) is 6.04 Å². The number of benzene rings is 1. The second kappa shape index (κ2) is 5.44. The third kappa shape index (κ3) is 2.32. The minimum atomic E-state index is 0.192. The lowest BCUT2D eigenvalue weighted by Gasteiger charge is -2.57. The Morgan fingerprint density at radius 3 is 2.42 bits per heavy atom. The van der Waals surface area contributed by atoms with Crippen molar-refractivity contribution in [2.75, 3.05) is 6.79 Å². The molecule has 1 atom stereocenters. The molecule has 7 rings (SSSR count). The van der Waals surface area contributed by atoms with Crippen molar-refractivity contribution in [2.45, 2.75) is 51.0 Å². The first-order chi connectivity index (χ1) is 12.7. The minimum absolute atomic E-state index is 0.192. The van der Waals surface area contributed by atoms with Crippen molar-refractivity contribution in [1.29, 1.82) is 0 Å². The second-order valence-electron chi connectivity index (χ2n) is 9.08. The van der Waals surface area contributed by atoms with Crippen LogP contribution in [0.2, 0.25) is 0 Å². The van der Waals surface area contributed by atoms with Crippen molar-refractivity contribution in [3.63, 3.8) is 0 Å². The van der Waals surface area contributed by atoms with E-state index in [4.69, 9.17) is 26.7 Å². The molecule has 4 bridgehead atoms. The van der Waals surface area contributed by atoms with Crippen molar-refractivity contribution >= 4 is 23.0 Å². The molecule has 2 heterocycles. The van der Waals surface area contributed by atoms with Gasteiger partial charge in [-0.05, 0) is 86.2 Å². The van der Waals surface area contributed by atoms with Gasteiger partial charge in [0.25, 0.3) is 0 Å². The third-order valence-corrected chi connectivity index (χ3v) is 7.59. The molecule has 4 aliphatic carbocycles. The fourth-order valence-corrected chi connectivity index (χ4v) is 6.98. The van der Waals surface area contributed by atoms with E-state index in [0.29, 0.717) is 17.3 Å². The van der Waals surface area contributed by atoms with Gasteiger partial charge in [-0.15, -0.1) is 0 Å². The Labute approximate surface area is 159 Å². The van der Waals surface area contributed by atoms with Crippen molar-refractivity contribution in [1.82, 2.24) is 5.32 Å². The summed E-state index contributed by atoms with van der Waals surface area (Å²) < 4.78 is 11.0. The first-order valence-corrected chi connectivity index (χ1v) is 10.4. The van der Waals surface area contributed by atoms with Gasteiger partial charge in [-0.1, -0.05) is 6.07 Å². The van der Waals surface area contributed by atoms with E-state index < -0.39 is 0 Å². The highest BCUT2D eigenvalue weighted by Crippen LogP contribution is 2.61. The van der Waals surface area contributed by atoms with E-state index in [2.05, 4.69) is 17.4 Å². The molecule has 1 N–H and O–H groups in total. The van der Waals surface area contributed by atoms with E-state index in [0.717, 1.165) is 35.7 Å². The highest BCUT2D eigenvalue weighted by Gasteiger charge is 2.53. The predicted molar refractivity (Wildman–Crippen MR) is 104 cm³/mol. The van der Waals surface area contributed by atoms with Crippen LogP contribution in [0, 0.1) is 23.2 Å². The predicted octanol–water partition coefficient (Wildman–Crippen LogP) is 4.39. The molecule has 0 saturated heterocycles. The van der Waals surface area contributed by atoms with Gasteiger partial charge in [0.1, 0.15) is 0 Å². The first-order valence-electron chi connectivity index (χ1n) is 9.95. The lowest BCUT2D eigenvalue weighted by atomic mass is 9.48. The zero-order valence-electron chi connectivity index (χ0n) is 14.9. The van der Waals surface area contributed by atoms with Crippen LogP contribution in [0.1, 0.15) is 56.6 Å². The van der Waals surface area contributed by atoms with E-state index in [1.165, 1.54) is 49.8 Å². The lowest BCUT2D eigenvalue weighted by Crippen LogP contribution is -2.52. The molecule has 4 fully saturated rings. The number of hydrogen-bond acceptors (Lipinski definition) is 3. The van der Waals surface area contributed by atoms with E-state index in [1.807, 2.05) is 6.07 Å². The fourth-order valence-electron chi connectivity index (χ4n) is 6.72. The maximum Gasteiger partial charge on any atom is 0.231 e. The van der Waals surface area contributed by atoms with Gasteiger partial charge in [-0.2, -0.15) is 0 Å². The van der Waals surface area contributed by atoms with Crippen LogP contribution >= 0.6 is 12.2 Å². The zero-order valence-corrected chi connectivity index (χ0v) is 15.7. The SMILES string of the molecule is S=C1N=C(C23CC4CC(CC(C4)C2)C3)CC(c2ccc3c(c2)OCO3)N1. The highest BCUT2D eigenvalue weighted by molar-refractivity contribution is 7.80. The molecule has 4 saturated carbocycles. The highest BCUT2D eigenvalue weighted by atomic mass is 32.1. The summed E-state index contributed by atoms with van der Waals surface area (Å²) in [6.07, 6.45) is 9.37. The van der Waals surface area contributed by atoms with Gasteiger partial charge in [-0.25, -0.2) is 4.99 Å². The summed E-state index contributed by atoms with van der Waals surface area (Å²) in [5, 5.41) is 4.09. The molecule has 1 aromatic rings. The summed E-state index contributed by atoms with van der Waals surface area (Å²) >= 11 is 5.56. The smallest absolute Gasteiger partial charge is 0.231 e. The fraction of sp³-hybridized carbons (Fsp3) is 0.619. The standard InChI is InChI=1S/C21H24N2O2S/c26-20-22-16(15-1-2-17-18(6-15)25-11-24-17)7-19(23-20)21-8-12-3-13(9-21)5-14(4-12)10-21/h1-2,6,12-14,16H,3-5,7-11H2,(H,22,26). The molecule has 5 heteroatoms. The minimum Gasteiger partial charge on any atom is -0.454 e. The number of fused-ring (bicyclic) bond motifs is 1. The zero-order chi connectivity index (χ0) is 17.3. The molecule has 6 aliphatic rings. The molecule has 0 aromatic heterocycles. The Morgan fingerprint density at radius 1 is 1.00 bits per heavy atom. The van der Waals surface area contributed by atoms with Gasteiger partial charge < -0.3 is 14.8 Å². The van der Waals surface area contributed by atoms with E-state index >= 15 is 0 Å². The van der Waals surface area contributed by atoms with Crippen molar-refractivity contribution in [2.24, 2.45) is 28.2 Å². The second-order valence-corrected chi connectivity index (χ2v) is 9.46. The summed E-state index contributed by atoms with van der Waals surface area (Å²) in [6, 6.07) is 6.44. The molecule has 2 aliphatic heterocycles. The summed E-state index contributed by atoms with van der Waals surface area (Å²) in [5.74, 6) is 4.46. The third-order valence-electron chi connectivity index (χ3n) is 7.38. The van der Waals surface area contributed by atoms with Gasteiger partial charge >= 0.3 is 0 Å². The van der Waals surface area contributed by atoms with Crippen molar-refractivity contribution < 1.29 is 9.47 Å². The topological polar surface area (TPSA) is 42.9 Å². The summed E-state index contributed by atoms with van der Waals surface area (Å²) in [6.45, 7) is 0.315. The van der Waals surface area contributed by atoms with Gasteiger partial charge in [-0.3, -0.25) is 0 Å². The number of rotatable bonds is 2. The number of nitrogens with zero attached hydrogens (tertiary/aromatic N) is 1. The number of ether oxygens (including phenoxy) is 2. The maximum atomic E-state index is 5.57. The molecule has 136 valence electrons. The molecule has 4 nitrogen and oxygen atoms in total. The Hall–Kier alpha value is -1.62. The Balaban J connectivity index is 1.32. The van der Waals surface area contributed by atoms with Crippen LogP contribution in [0.25, 0.3) is 0 Å². The molecular weight excluding hydrogens is 344 g/mol. The van der Waals surface area contributed by atoms with Gasteiger partial charge in [0, 0.05) is 17.5 Å². The summed E-state index contributed by atoms with van der Waals surface area (Å²) in [4.78, 5) is 4.90. The molecule has 0 radical (unpaired) electrons. The average Bonchev–Trinajstić information content (AvgIpc) is 3.08.